The summed E-state index contributed by atoms with van der Waals surface area (Å²) in [6.07, 6.45) is 3.75. The molecule has 0 unspecified atom stereocenters. The van der Waals surface area contributed by atoms with Crippen LogP contribution in [0.15, 0.2) is 187 Å². The van der Waals surface area contributed by atoms with E-state index in [-0.39, 0.29) is 0 Å². The molecule has 4 heterocycles. The van der Waals surface area contributed by atoms with Crippen molar-refractivity contribution >= 4 is 53.4 Å². The zero-order chi connectivity index (χ0) is 37.0. The minimum absolute atomic E-state index is 0.632. The summed E-state index contributed by atoms with van der Waals surface area (Å²) in [6, 6.07) is 58.6. The summed E-state index contributed by atoms with van der Waals surface area (Å²) in [4.78, 5) is 19.8. The van der Waals surface area contributed by atoms with Gasteiger partial charge in [0.2, 0.25) is 0 Å². The number of rotatable bonds is 6. The van der Waals surface area contributed by atoms with E-state index in [1.807, 2.05) is 84.4 Å². The fourth-order valence-electron chi connectivity index (χ4n) is 7.75. The molecule has 7 aromatic carbocycles. The van der Waals surface area contributed by atoms with Crippen LogP contribution in [0.2, 0.25) is 0 Å². The number of hydrogen-bond acceptors (Lipinski definition) is 6. The summed E-state index contributed by atoms with van der Waals surface area (Å²) < 4.78 is 9.33. The number of aromatic nitrogens is 4. The van der Waals surface area contributed by atoms with E-state index in [1.54, 1.807) is 0 Å². The van der Waals surface area contributed by atoms with Gasteiger partial charge in [0.15, 0.2) is 11.6 Å². The van der Waals surface area contributed by atoms with Crippen LogP contribution in [0.3, 0.4) is 0 Å². The first-order valence-corrected chi connectivity index (χ1v) is 19.3. The second kappa shape index (κ2) is 13.2. The molecule has 56 heavy (non-hydrogen) atoms. The molecule has 0 aliphatic heterocycles. The molecule has 0 amide bonds. The zero-order valence-corrected chi connectivity index (χ0v) is 30.7. The third kappa shape index (κ3) is 5.46. The average molecular weight is 735 g/mol. The first-order chi connectivity index (χ1) is 27.7. The molecule has 0 spiro atoms. The molecule has 0 N–H and O–H groups in total. The number of fused-ring (bicyclic) bond motifs is 6. The van der Waals surface area contributed by atoms with Crippen LogP contribution in [0.5, 0.6) is 0 Å². The first kappa shape index (κ1) is 32.2. The van der Waals surface area contributed by atoms with Gasteiger partial charge in [-0.25, -0.2) is 19.9 Å². The summed E-state index contributed by atoms with van der Waals surface area (Å²) in [6.45, 7) is 0. The number of thiophene rings is 1. The van der Waals surface area contributed by atoms with Gasteiger partial charge in [-0.05, 0) is 41.5 Å². The van der Waals surface area contributed by atoms with Crippen LogP contribution < -0.4 is 0 Å². The molecule has 0 fully saturated rings. The van der Waals surface area contributed by atoms with Gasteiger partial charge in [-0.1, -0.05) is 140 Å². The second-order valence-corrected chi connectivity index (χ2v) is 14.9. The highest BCUT2D eigenvalue weighted by atomic mass is 32.1. The van der Waals surface area contributed by atoms with Crippen molar-refractivity contribution in [1.29, 1.82) is 0 Å². The molecule has 6 heteroatoms. The summed E-state index contributed by atoms with van der Waals surface area (Å²) in [5, 5.41) is 4.58. The Morgan fingerprint density at radius 3 is 1.80 bits per heavy atom. The van der Waals surface area contributed by atoms with Crippen molar-refractivity contribution < 1.29 is 4.42 Å². The van der Waals surface area contributed by atoms with E-state index >= 15 is 0 Å². The molecule has 0 atom stereocenters. The van der Waals surface area contributed by atoms with Gasteiger partial charge < -0.3 is 4.42 Å². The van der Waals surface area contributed by atoms with Gasteiger partial charge in [0, 0.05) is 76.7 Å². The standard InChI is InChI=1S/C50H30N4OS/c1-3-12-31(13-4-1)35-29-51-49(52-30-35)33-22-24-34(25-23-33)50-53-41(32-14-5-2-6-15-32)28-42(54-50)38-27-26-37(48-47(38)39-16-7-9-19-43(39)55-48)36-18-11-21-45-46(36)40-17-8-10-20-44(40)56-45/h1-30H. The number of nitrogens with zero attached hydrogens (tertiary/aromatic N) is 4. The average Bonchev–Trinajstić information content (AvgIpc) is 3.86. The minimum Gasteiger partial charge on any atom is -0.455 e. The molecule has 11 rings (SSSR count). The van der Waals surface area contributed by atoms with Crippen molar-refractivity contribution in [3.63, 3.8) is 0 Å². The smallest absolute Gasteiger partial charge is 0.160 e. The van der Waals surface area contributed by atoms with Crippen LogP contribution in [0.25, 0.3) is 110 Å². The van der Waals surface area contributed by atoms with E-state index in [0.29, 0.717) is 11.6 Å². The monoisotopic (exact) mass is 734 g/mol. The fourth-order valence-corrected chi connectivity index (χ4v) is 8.88. The lowest BCUT2D eigenvalue weighted by atomic mass is 9.94. The van der Waals surface area contributed by atoms with Gasteiger partial charge in [-0.2, -0.15) is 0 Å². The zero-order valence-electron chi connectivity index (χ0n) is 29.9. The quantitative estimate of drug-likeness (QED) is 0.170. The Morgan fingerprint density at radius 1 is 0.393 bits per heavy atom. The van der Waals surface area contributed by atoms with Crippen molar-refractivity contribution in [2.45, 2.75) is 0 Å². The van der Waals surface area contributed by atoms with Gasteiger partial charge in [0.05, 0.1) is 11.4 Å². The largest absolute Gasteiger partial charge is 0.455 e. The number of para-hydroxylation sites is 1. The summed E-state index contributed by atoms with van der Waals surface area (Å²) >= 11 is 1.82. The predicted octanol–water partition coefficient (Wildman–Crippen LogP) is 13.5. The molecule has 0 saturated carbocycles. The maximum Gasteiger partial charge on any atom is 0.160 e. The van der Waals surface area contributed by atoms with Crippen LogP contribution in [0.4, 0.5) is 0 Å². The normalized spacial score (nSPS) is 11.6. The van der Waals surface area contributed by atoms with Crippen LogP contribution >= 0.6 is 11.3 Å². The molecule has 0 saturated heterocycles. The predicted molar refractivity (Wildman–Crippen MR) is 230 cm³/mol. The van der Waals surface area contributed by atoms with Crippen LogP contribution in [-0.4, -0.2) is 19.9 Å². The molecule has 0 aliphatic rings. The highest BCUT2D eigenvalue weighted by molar-refractivity contribution is 7.25. The number of furan rings is 1. The van der Waals surface area contributed by atoms with E-state index in [9.17, 15) is 0 Å². The Morgan fingerprint density at radius 2 is 1.02 bits per heavy atom. The maximum absolute atomic E-state index is 6.80. The Hall–Kier alpha value is -7.28. The number of benzene rings is 7. The fraction of sp³-hybridized carbons (Fsp3) is 0. The SMILES string of the molecule is c1ccc(-c2cnc(-c3ccc(-c4nc(-c5ccccc5)cc(-c5ccc(-c6cccc7sc8ccccc8c67)c6oc7ccccc7c56)n4)cc3)nc2)cc1. The van der Waals surface area contributed by atoms with Crippen LogP contribution in [-0.2, 0) is 0 Å². The van der Waals surface area contributed by atoms with Crippen LogP contribution in [0.1, 0.15) is 0 Å². The van der Waals surface area contributed by atoms with Crippen molar-refractivity contribution in [3.05, 3.63) is 182 Å². The van der Waals surface area contributed by atoms with E-state index in [4.69, 9.17) is 24.4 Å². The van der Waals surface area contributed by atoms with Gasteiger partial charge >= 0.3 is 0 Å². The van der Waals surface area contributed by atoms with Gasteiger partial charge in [0.25, 0.3) is 0 Å². The Labute approximate surface area is 326 Å². The molecular weight excluding hydrogens is 705 g/mol. The van der Waals surface area contributed by atoms with Crippen molar-refractivity contribution in [1.82, 2.24) is 19.9 Å². The van der Waals surface area contributed by atoms with Gasteiger partial charge in [0.1, 0.15) is 11.2 Å². The van der Waals surface area contributed by atoms with Crippen molar-refractivity contribution in [2.75, 3.05) is 0 Å². The minimum atomic E-state index is 0.632. The van der Waals surface area contributed by atoms with E-state index in [0.717, 1.165) is 77.8 Å². The van der Waals surface area contributed by atoms with Crippen molar-refractivity contribution in [2.24, 2.45) is 0 Å². The third-order valence-corrected chi connectivity index (χ3v) is 11.6. The lowest BCUT2D eigenvalue weighted by molar-refractivity contribution is 0.670. The van der Waals surface area contributed by atoms with Gasteiger partial charge in [-0.15, -0.1) is 11.3 Å². The summed E-state index contributed by atoms with van der Waals surface area (Å²) in [5.74, 6) is 1.30. The Balaban J connectivity index is 1.07. The molecule has 0 aliphatic carbocycles. The van der Waals surface area contributed by atoms with E-state index < -0.39 is 0 Å². The van der Waals surface area contributed by atoms with Crippen LogP contribution in [0, 0.1) is 0 Å². The molecule has 0 bridgehead atoms. The summed E-state index contributed by atoms with van der Waals surface area (Å²) in [7, 11) is 0. The summed E-state index contributed by atoms with van der Waals surface area (Å²) in [5.41, 5.74) is 11.4. The molecular formula is C50H30N4OS. The highest BCUT2D eigenvalue weighted by Gasteiger charge is 2.21. The van der Waals surface area contributed by atoms with E-state index in [2.05, 4.69) is 109 Å². The Kier molecular flexibility index (Phi) is 7.60. The lowest BCUT2D eigenvalue weighted by Crippen LogP contribution is -1.97. The molecule has 262 valence electrons. The van der Waals surface area contributed by atoms with E-state index in [1.165, 1.54) is 20.2 Å². The lowest BCUT2D eigenvalue weighted by Gasteiger charge is -2.12. The first-order valence-electron chi connectivity index (χ1n) is 18.5. The third-order valence-electron chi connectivity index (χ3n) is 10.5. The topological polar surface area (TPSA) is 64.7 Å². The van der Waals surface area contributed by atoms with Gasteiger partial charge in [-0.3, -0.25) is 0 Å². The molecule has 4 aromatic heterocycles. The Bertz CT molecular complexity index is 3230. The molecule has 5 nitrogen and oxygen atoms in total. The number of hydrogen-bond donors (Lipinski definition) is 0. The highest BCUT2D eigenvalue weighted by Crippen LogP contribution is 2.46. The molecule has 11 aromatic rings. The maximum atomic E-state index is 6.80. The second-order valence-electron chi connectivity index (χ2n) is 13.8. The van der Waals surface area contributed by atoms with Crippen molar-refractivity contribution in [3.8, 4) is 67.5 Å². The molecule has 0 radical (unpaired) electrons.